The van der Waals surface area contributed by atoms with Gasteiger partial charge in [-0.1, -0.05) is 0 Å². The molecule has 0 saturated heterocycles. The minimum atomic E-state index is -3.30. The first-order chi connectivity index (χ1) is 3.68. The van der Waals surface area contributed by atoms with Crippen LogP contribution in [0.1, 0.15) is 0 Å². The molecule has 1 atom stereocenters. The maximum absolute atomic E-state index is 10.5. The summed E-state index contributed by atoms with van der Waals surface area (Å²) in [6.07, 6.45) is -0.708. The second-order valence-electron chi connectivity index (χ2n) is 1.05. The molecule has 1 unspecified atom stereocenters. The van der Waals surface area contributed by atoms with Crippen molar-refractivity contribution in [2.75, 3.05) is 6.35 Å². The Morgan fingerprint density at radius 1 is 1.88 bits per heavy atom. The molecule has 0 heterocycles. The summed E-state index contributed by atoms with van der Waals surface area (Å²) in [5.74, 6) is 9.11. The average Bonchev–Trinajstić information content (AvgIpc) is 1.87. The van der Waals surface area contributed by atoms with Gasteiger partial charge in [-0.05, 0) is 0 Å². The zero-order valence-electron chi connectivity index (χ0n) is 4.07. The van der Waals surface area contributed by atoms with E-state index in [1.807, 2.05) is 0 Å². The highest BCUT2D eigenvalue weighted by Crippen LogP contribution is 2.36. The van der Waals surface area contributed by atoms with E-state index in [2.05, 4.69) is 16.4 Å². The standard InChI is InChI=1S/CH8N3O3P/c2-4-8(6,1-5)7-3/h5H,1-3H2,(H,4,6). The SMILES string of the molecule is NNP(=O)(CO)ON. The van der Waals surface area contributed by atoms with Crippen LogP contribution in [0.3, 0.4) is 0 Å². The topological polar surface area (TPSA) is 111 Å². The highest BCUT2D eigenvalue weighted by Gasteiger charge is 2.17. The van der Waals surface area contributed by atoms with Crippen LogP contribution in [0, 0.1) is 0 Å². The van der Waals surface area contributed by atoms with Gasteiger partial charge in [0.05, 0.1) is 0 Å². The van der Waals surface area contributed by atoms with Crippen LogP contribution >= 0.6 is 7.52 Å². The highest BCUT2D eigenvalue weighted by molar-refractivity contribution is 7.56. The van der Waals surface area contributed by atoms with Crippen molar-refractivity contribution in [3.8, 4) is 0 Å². The van der Waals surface area contributed by atoms with Gasteiger partial charge < -0.3 is 5.11 Å². The molecule has 50 valence electrons. The number of hydrazine groups is 1. The van der Waals surface area contributed by atoms with Crippen molar-refractivity contribution >= 4 is 7.52 Å². The van der Waals surface area contributed by atoms with E-state index in [0.29, 0.717) is 0 Å². The molecule has 0 aromatic rings. The molecule has 0 bridgehead atoms. The summed E-state index contributed by atoms with van der Waals surface area (Å²) in [4.78, 5) is 0. The molecule has 0 amide bonds. The molecular formula is CH8N3O3P. The molecular weight excluding hydrogens is 133 g/mol. The van der Waals surface area contributed by atoms with Crippen LogP contribution in [-0.2, 0) is 9.19 Å². The zero-order valence-corrected chi connectivity index (χ0v) is 4.97. The molecule has 0 fully saturated rings. The minimum absolute atomic E-state index is 0.708. The molecule has 0 rings (SSSR count). The van der Waals surface area contributed by atoms with Crippen LogP contribution in [0.4, 0.5) is 0 Å². The molecule has 0 aromatic heterocycles. The Hall–Kier alpha value is 0.0300. The number of rotatable bonds is 3. The molecule has 8 heavy (non-hydrogen) atoms. The monoisotopic (exact) mass is 141 g/mol. The molecule has 0 spiro atoms. The number of nitrogens with two attached hydrogens (primary N) is 2. The summed E-state index contributed by atoms with van der Waals surface area (Å²) in [5, 5.41) is 9.91. The molecule has 0 aromatic carbocycles. The molecule has 6 N–H and O–H groups in total. The summed E-state index contributed by atoms with van der Waals surface area (Å²) in [6, 6.07) is 0. The van der Waals surface area contributed by atoms with Gasteiger partial charge in [0, 0.05) is 0 Å². The highest BCUT2D eigenvalue weighted by atomic mass is 31.2. The van der Waals surface area contributed by atoms with Gasteiger partial charge in [-0.3, -0.25) is 10.4 Å². The van der Waals surface area contributed by atoms with Crippen LogP contribution < -0.4 is 16.9 Å². The van der Waals surface area contributed by atoms with E-state index in [-0.39, 0.29) is 0 Å². The number of aliphatic hydroxyl groups excluding tert-OH is 1. The normalized spacial score (nSPS) is 17.9. The third kappa shape index (κ3) is 1.87. The third-order valence-electron chi connectivity index (χ3n) is 0.553. The van der Waals surface area contributed by atoms with Crippen molar-refractivity contribution in [3.05, 3.63) is 0 Å². The Bertz CT molecular complexity index is 85.7. The van der Waals surface area contributed by atoms with Gasteiger partial charge in [-0.25, -0.2) is 10.5 Å². The van der Waals surface area contributed by atoms with Crippen molar-refractivity contribution < 1.29 is 14.3 Å². The van der Waals surface area contributed by atoms with Gasteiger partial charge in [0.2, 0.25) is 0 Å². The lowest BCUT2D eigenvalue weighted by Crippen LogP contribution is -2.23. The predicted molar refractivity (Wildman–Crippen MR) is 27.3 cm³/mol. The number of hydrogen-bond acceptors (Lipinski definition) is 5. The summed E-state index contributed by atoms with van der Waals surface area (Å²) in [7, 11) is -3.30. The van der Waals surface area contributed by atoms with Gasteiger partial charge in [-0.15, -0.1) is 0 Å². The van der Waals surface area contributed by atoms with E-state index in [1.54, 1.807) is 5.20 Å². The number of hydrogen-bond donors (Lipinski definition) is 4. The minimum Gasteiger partial charge on any atom is -0.385 e. The van der Waals surface area contributed by atoms with E-state index >= 15 is 0 Å². The lowest BCUT2D eigenvalue weighted by atomic mass is 11.7. The summed E-state index contributed by atoms with van der Waals surface area (Å²) in [5.41, 5.74) is 0. The van der Waals surface area contributed by atoms with E-state index in [9.17, 15) is 4.57 Å². The maximum Gasteiger partial charge on any atom is 0.323 e. The lowest BCUT2D eigenvalue weighted by Gasteiger charge is -2.08. The fourth-order valence-corrected chi connectivity index (χ4v) is 0.314. The van der Waals surface area contributed by atoms with Gasteiger partial charge in [0.25, 0.3) is 0 Å². The zero-order chi connectivity index (χ0) is 6.62. The summed E-state index contributed by atoms with van der Waals surface area (Å²) < 4.78 is 14.3. The first-order valence-electron chi connectivity index (χ1n) is 1.75. The number of aliphatic hydroxyl groups is 1. The van der Waals surface area contributed by atoms with Gasteiger partial charge in [0.15, 0.2) is 0 Å². The van der Waals surface area contributed by atoms with Gasteiger partial charge in [0.1, 0.15) is 6.35 Å². The quantitative estimate of drug-likeness (QED) is 0.216. The van der Waals surface area contributed by atoms with Crippen LogP contribution in [-0.4, -0.2) is 11.5 Å². The summed E-state index contributed by atoms with van der Waals surface area (Å²) in [6.45, 7) is 0. The first-order valence-corrected chi connectivity index (χ1v) is 3.56. The van der Waals surface area contributed by atoms with Crippen LogP contribution in [0.2, 0.25) is 0 Å². The molecule has 0 saturated carbocycles. The van der Waals surface area contributed by atoms with Crippen LogP contribution in [0.5, 0.6) is 0 Å². The second kappa shape index (κ2) is 3.13. The van der Waals surface area contributed by atoms with Crippen molar-refractivity contribution in [2.24, 2.45) is 11.7 Å². The Kier molecular flexibility index (Phi) is 3.15. The molecule has 0 aliphatic heterocycles. The molecule has 7 heteroatoms. The van der Waals surface area contributed by atoms with E-state index in [1.165, 1.54) is 0 Å². The molecule has 0 aliphatic rings. The van der Waals surface area contributed by atoms with Crippen molar-refractivity contribution in [2.45, 2.75) is 0 Å². The fourth-order valence-electron chi connectivity index (χ4n) is 0.105. The smallest absolute Gasteiger partial charge is 0.323 e. The third-order valence-corrected chi connectivity index (χ3v) is 1.66. The molecule has 0 aliphatic carbocycles. The Morgan fingerprint density at radius 3 is 2.38 bits per heavy atom. The fraction of sp³-hybridized carbons (Fsp3) is 1.00. The van der Waals surface area contributed by atoms with E-state index in [4.69, 9.17) is 5.11 Å². The lowest BCUT2D eigenvalue weighted by molar-refractivity contribution is 0.273. The van der Waals surface area contributed by atoms with E-state index < -0.39 is 13.9 Å². The Balaban J connectivity index is 3.79. The first kappa shape index (κ1) is 8.03. The van der Waals surface area contributed by atoms with Crippen LogP contribution in [0.25, 0.3) is 0 Å². The largest absolute Gasteiger partial charge is 0.385 e. The number of nitrogens with one attached hydrogen (secondary N) is 1. The summed E-state index contributed by atoms with van der Waals surface area (Å²) >= 11 is 0. The Labute approximate surface area is 46.2 Å². The second-order valence-corrected chi connectivity index (χ2v) is 3.15. The predicted octanol–water partition coefficient (Wildman–Crippen LogP) is -1.52. The maximum atomic E-state index is 10.5. The van der Waals surface area contributed by atoms with Crippen molar-refractivity contribution in [1.29, 1.82) is 0 Å². The van der Waals surface area contributed by atoms with Crippen molar-refractivity contribution in [3.63, 3.8) is 0 Å². The molecule has 0 radical (unpaired) electrons. The van der Waals surface area contributed by atoms with Gasteiger partial charge in [-0.2, -0.15) is 5.20 Å². The van der Waals surface area contributed by atoms with Crippen LogP contribution in [0.15, 0.2) is 0 Å². The average molecular weight is 141 g/mol. The van der Waals surface area contributed by atoms with Gasteiger partial charge >= 0.3 is 7.52 Å². The van der Waals surface area contributed by atoms with Crippen molar-refractivity contribution in [1.82, 2.24) is 5.20 Å². The molecule has 6 nitrogen and oxygen atoms in total. The Morgan fingerprint density at radius 2 is 2.38 bits per heavy atom. The van der Waals surface area contributed by atoms with E-state index in [0.717, 1.165) is 0 Å².